The van der Waals surface area contributed by atoms with E-state index in [1.54, 1.807) is 25.4 Å². The van der Waals surface area contributed by atoms with Crippen LogP contribution < -0.4 is 4.74 Å². The Bertz CT molecular complexity index is 1060. The van der Waals surface area contributed by atoms with Crippen molar-refractivity contribution >= 4 is 34.8 Å². The van der Waals surface area contributed by atoms with Crippen molar-refractivity contribution in [3.63, 3.8) is 0 Å². The van der Waals surface area contributed by atoms with E-state index in [4.69, 9.17) is 16.3 Å². The largest absolute Gasteiger partial charge is 0.496 e. The van der Waals surface area contributed by atoms with E-state index in [1.807, 2.05) is 19.9 Å². The molecular weight excluding hydrogens is 476 g/mol. The summed E-state index contributed by atoms with van der Waals surface area (Å²) < 4.78 is 5.89. The molecule has 1 aromatic heterocycles. The summed E-state index contributed by atoms with van der Waals surface area (Å²) in [5, 5.41) is 20.7. The van der Waals surface area contributed by atoms with E-state index < -0.39 is 29.4 Å². The first-order valence-corrected chi connectivity index (χ1v) is 12.5. The van der Waals surface area contributed by atoms with E-state index in [1.165, 1.54) is 16.2 Å². The molecule has 1 aliphatic rings. The van der Waals surface area contributed by atoms with Gasteiger partial charge in [-0.2, -0.15) is 0 Å². The summed E-state index contributed by atoms with van der Waals surface area (Å²) in [6, 6.07) is 4.59. The molecule has 2 N–H and O–H groups in total. The van der Waals surface area contributed by atoms with Crippen LogP contribution in [-0.2, 0) is 10.2 Å². The molecule has 1 aliphatic heterocycles. The highest BCUT2D eigenvalue weighted by molar-refractivity contribution is 7.15. The van der Waals surface area contributed by atoms with Crippen LogP contribution in [0.2, 0.25) is 4.47 Å². The molecule has 3 rings (SSSR count). The van der Waals surface area contributed by atoms with Gasteiger partial charge in [-0.3, -0.25) is 4.79 Å². The molecule has 9 heteroatoms. The molecule has 1 aromatic carbocycles. The van der Waals surface area contributed by atoms with E-state index in [0.717, 1.165) is 5.56 Å². The number of aliphatic hydroxyl groups is 1. The Balaban J connectivity index is 2.21. The van der Waals surface area contributed by atoms with E-state index >= 15 is 0 Å². The predicted octanol–water partition coefficient (Wildman–Crippen LogP) is 5.17. The van der Waals surface area contributed by atoms with Crippen LogP contribution in [-0.4, -0.2) is 51.2 Å². The smallest absolute Gasteiger partial charge is 0.329 e. The van der Waals surface area contributed by atoms with E-state index in [0.29, 0.717) is 20.7 Å². The highest BCUT2D eigenvalue weighted by atomic mass is 35.5. The number of aliphatic carboxylic acids is 1. The van der Waals surface area contributed by atoms with Gasteiger partial charge in [0.25, 0.3) is 5.91 Å². The van der Waals surface area contributed by atoms with Gasteiger partial charge in [-0.15, -0.1) is 11.3 Å². The lowest BCUT2D eigenvalue weighted by Crippen LogP contribution is -2.54. The summed E-state index contributed by atoms with van der Waals surface area (Å²) in [6.07, 6.45) is 1.96. The van der Waals surface area contributed by atoms with Gasteiger partial charge in [-0.05, 0) is 41.9 Å². The number of ether oxygens (including phenoxy) is 1. The molecule has 0 spiro atoms. The van der Waals surface area contributed by atoms with Crippen molar-refractivity contribution in [2.75, 3.05) is 13.7 Å². The molecule has 0 aliphatic carbocycles. The maximum Gasteiger partial charge on any atom is 0.329 e. The maximum absolute atomic E-state index is 14.1. The summed E-state index contributed by atoms with van der Waals surface area (Å²) in [6.45, 7) is 9.77. The molecule has 0 bridgehead atoms. The molecule has 7 nitrogen and oxygen atoms in total. The second-order valence-corrected chi connectivity index (χ2v) is 12.0. The van der Waals surface area contributed by atoms with Gasteiger partial charge in [-0.1, -0.05) is 52.3 Å². The van der Waals surface area contributed by atoms with Gasteiger partial charge in [0.1, 0.15) is 11.3 Å². The average Bonchev–Trinajstić information content (AvgIpc) is 3.32. The SMILES string of the molecule is COc1cc(C(=O)N2[C@@H](c3cnc(Cl)s3)[C@@H](CO)C[C@@]2(CC(C)C)C(=O)O)ccc1C(C)(C)C. The van der Waals surface area contributed by atoms with Crippen molar-refractivity contribution in [2.24, 2.45) is 11.8 Å². The Morgan fingerprint density at radius 2 is 2.03 bits per heavy atom. The van der Waals surface area contributed by atoms with Gasteiger partial charge < -0.3 is 19.8 Å². The number of carbonyl (C=O) groups is 2. The summed E-state index contributed by atoms with van der Waals surface area (Å²) in [4.78, 5) is 33.1. The molecule has 1 amide bonds. The second kappa shape index (κ2) is 9.84. The lowest BCUT2D eigenvalue weighted by atomic mass is 9.83. The third-order valence-corrected chi connectivity index (χ3v) is 7.61. The maximum atomic E-state index is 14.1. The van der Waals surface area contributed by atoms with Crippen molar-refractivity contribution < 1.29 is 24.5 Å². The van der Waals surface area contributed by atoms with Gasteiger partial charge in [-0.25, -0.2) is 9.78 Å². The minimum atomic E-state index is -1.48. The van der Waals surface area contributed by atoms with Crippen LogP contribution in [0.1, 0.15) is 74.3 Å². The number of nitrogens with zero attached hydrogens (tertiary/aromatic N) is 2. The number of halogens is 1. The quantitative estimate of drug-likeness (QED) is 0.535. The molecule has 0 radical (unpaired) electrons. The fourth-order valence-corrected chi connectivity index (χ4v) is 6.22. The highest BCUT2D eigenvalue weighted by Gasteiger charge is 2.59. The zero-order chi connectivity index (χ0) is 25.4. The first-order chi connectivity index (χ1) is 15.9. The normalized spacial score (nSPS) is 22.9. The third kappa shape index (κ3) is 4.81. The number of thiazole rings is 1. The Hall–Kier alpha value is -2.16. The first-order valence-electron chi connectivity index (χ1n) is 11.3. The Morgan fingerprint density at radius 3 is 2.50 bits per heavy atom. The number of amides is 1. The first kappa shape index (κ1) is 26.4. The monoisotopic (exact) mass is 508 g/mol. The van der Waals surface area contributed by atoms with E-state index in [-0.39, 0.29) is 30.8 Å². The van der Waals surface area contributed by atoms with Crippen molar-refractivity contribution in [3.05, 3.63) is 44.9 Å². The highest BCUT2D eigenvalue weighted by Crippen LogP contribution is 2.51. The predicted molar refractivity (Wildman–Crippen MR) is 133 cm³/mol. The van der Waals surface area contributed by atoms with Crippen LogP contribution >= 0.6 is 22.9 Å². The van der Waals surface area contributed by atoms with Gasteiger partial charge in [0.05, 0.1) is 13.2 Å². The number of likely N-dealkylation sites (tertiary alicyclic amines) is 1. The van der Waals surface area contributed by atoms with Crippen LogP contribution in [0.4, 0.5) is 0 Å². The lowest BCUT2D eigenvalue weighted by molar-refractivity contribution is -0.150. The van der Waals surface area contributed by atoms with Crippen molar-refractivity contribution in [2.45, 2.75) is 64.5 Å². The lowest BCUT2D eigenvalue weighted by Gasteiger charge is -2.39. The number of hydrogen-bond acceptors (Lipinski definition) is 6. The Labute approximate surface area is 209 Å². The zero-order valence-corrected chi connectivity index (χ0v) is 22.0. The number of carboxylic acid groups (broad SMARTS) is 1. The summed E-state index contributed by atoms with van der Waals surface area (Å²) in [7, 11) is 1.55. The fraction of sp³-hybridized carbons (Fsp3) is 0.560. The van der Waals surface area contributed by atoms with Gasteiger partial charge >= 0.3 is 5.97 Å². The molecule has 3 atom stereocenters. The van der Waals surface area contributed by atoms with Gasteiger partial charge in [0.2, 0.25) is 0 Å². The molecule has 2 aromatic rings. The van der Waals surface area contributed by atoms with Gasteiger partial charge in [0.15, 0.2) is 4.47 Å². The molecule has 0 unspecified atom stereocenters. The number of hydrogen-bond donors (Lipinski definition) is 2. The van der Waals surface area contributed by atoms with E-state index in [2.05, 4.69) is 25.8 Å². The average molecular weight is 509 g/mol. The van der Waals surface area contributed by atoms with Crippen LogP contribution in [0.3, 0.4) is 0 Å². The molecule has 0 saturated carbocycles. The second-order valence-electron chi connectivity index (χ2n) is 10.4. The molecule has 186 valence electrons. The molecule has 1 fully saturated rings. The number of aliphatic hydroxyl groups excluding tert-OH is 1. The Kier molecular flexibility index (Phi) is 7.65. The summed E-state index contributed by atoms with van der Waals surface area (Å²) in [5.41, 5.74) is -0.403. The Morgan fingerprint density at radius 1 is 1.35 bits per heavy atom. The standard InChI is InChI=1S/C25H33ClN2O5S/c1-14(2)10-25(22(31)32)11-16(13-29)20(19-12-27-23(26)34-19)28(25)21(30)15-7-8-17(24(3,4)5)18(9-15)33-6/h7-9,12,14,16,20,29H,10-11,13H2,1-6H3,(H,31,32)/t16-,20-,25+/m1/s1. The summed E-state index contributed by atoms with van der Waals surface area (Å²) in [5.74, 6) is -1.39. The van der Waals surface area contributed by atoms with Crippen molar-refractivity contribution in [1.29, 1.82) is 0 Å². The summed E-state index contributed by atoms with van der Waals surface area (Å²) >= 11 is 7.30. The van der Waals surface area contributed by atoms with Crippen molar-refractivity contribution in [3.8, 4) is 5.75 Å². The third-order valence-electron chi connectivity index (χ3n) is 6.43. The molecule has 2 heterocycles. The number of carboxylic acids is 1. The minimum absolute atomic E-state index is 0.00680. The number of methoxy groups -OCH3 is 1. The number of benzene rings is 1. The minimum Gasteiger partial charge on any atom is -0.496 e. The molecular formula is C25H33ClN2O5S. The van der Waals surface area contributed by atoms with Crippen molar-refractivity contribution in [1.82, 2.24) is 9.88 Å². The van der Waals surface area contributed by atoms with Gasteiger partial charge in [0, 0.05) is 29.2 Å². The molecule has 1 saturated heterocycles. The fourth-order valence-electron chi connectivity index (χ4n) is 5.08. The number of rotatable bonds is 7. The number of carbonyl (C=O) groups excluding carboxylic acids is 1. The molecule has 34 heavy (non-hydrogen) atoms. The van der Waals surface area contributed by atoms with Crippen LogP contribution in [0, 0.1) is 11.8 Å². The van der Waals surface area contributed by atoms with Crippen LogP contribution in [0.5, 0.6) is 5.75 Å². The number of aromatic nitrogens is 1. The topological polar surface area (TPSA) is 100.0 Å². The van der Waals surface area contributed by atoms with Crippen LogP contribution in [0.25, 0.3) is 0 Å². The van der Waals surface area contributed by atoms with Crippen LogP contribution in [0.15, 0.2) is 24.4 Å². The van der Waals surface area contributed by atoms with E-state index in [9.17, 15) is 19.8 Å². The zero-order valence-electron chi connectivity index (χ0n) is 20.5.